The highest BCUT2D eigenvalue weighted by atomic mass is 16.6. The molecule has 0 saturated heterocycles. The molecule has 0 spiro atoms. The van der Waals surface area contributed by atoms with E-state index in [2.05, 4.69) is 20.6 Å². The van der Waals surface area contributed by atoms with E-state index in [1.807, 2.05) is 49.4 Å². The second-order valence-corrected chi connectivity index (χ2v) is 7.35. The van der Waals surface area contributed by atoms with E-state index in [9.17, 15) is 14.9 Å². The van der Waals surface area contributed by atoms with Gasteiger partial charge in [0.05, 0.1) is 23.4 Å². The number of hydrogen-bond acceptors (Lipinski definition) is 7. The third kappa shape index (κ3) is 5.16. The SMILES string of the molecule is COc1ccc([N+](=O)[O-])cc1NC(=O)c1cccc(Nc2cc(-c3ccccc3)nc(C)n2)c1. The number of ether oxygens (including phenoxy) is 1. The number of carbonyl (C=O) groups is 1. The zero-order chi connectivity index (χ0) is 24.1. The van der Waals surface area contributed by atoms with Gasteiger partial charge >= 0.3 is 0 Å². The Hall–Kier alpha value is -4.79. The Labute approximate surface area is 195 Å². The number of aryl methyl sites for hydroxylation is 1. The minimum absolute atomic E-state index is 0.153. The Bertz CT molecular complexity index is 1360. The van der Waals surface area contributed by atoms with Crippen LogP contribution in [0.15, 0.2) is 78.9 Å². The molecule has 1 amide bonds. The molecule has 0 aliphatic heterocycles. The lowest BCUT2D eigenvalue weighted by molar-refractivity contribution is -0.384. The first-order valence-electron chi connectivity index (χ1n) is 10.3. The van der Waals surface area contributed by atoms with Gasteiger partial charge in [-0.2, -0.15) is 0 Å². The molecule has 4 aromatic rings. The molecule has 0 atom stereocenters. The number of carbonyl (C=O) groups excluding carboxylic acids is 1. The van der Waals surface area contributed by atoms with E-state index in [0.717, 1.165) is 11.3 Å². The average Bonchev–Trinajstić information content (AvgIpc) is 2.84. The van der Waals surface area contributed by atoms with Gasteiger partial charge in [-0.05, 0) is 31.2 Å². The molecule has 0 aliphatic rings. The first-order chi connectivity index (χ1) is 16.4. The average molecular weight is 455 g/mol. The predicted octanol–water partition coefficient (Wildman–Crippen LogP) is 5.36. The van der Waals surface area contributed by atoms with Crippen LogP contribution in [0.25, 0.3) is 11.3 Å². The fourth-order valence-corrected chi connectivity index (χ4v) is 3.38. The maximum atomic E-state index is 12.9. The molecule has 9 nitrogen and oxygen atoms in total. The van der Waals surface area contributed by atoms with E-state index >= 15 is 0 Å². The smallest absolute Gasteiger partial charge is 0.271 e. The van der Waals surface area contributed by atoms with Gasteiger partial charge in [0.2, 0.25) is 0 Å². The summed E-state index contributed by atoms with van der Waals surface area (Å²) in [4.78, 5) is 32.4. The van der Waals surface area contributed by atoms with Crippen molar-refractivity contribution in [3.63, 3.8) is 0 Å². The van der Waals surface area contributed by atoms with Crippen molar-refractivity contribution in [3.8, 4) is 17.0 Å². The maximum absolute atomic E-state index is 12.9. The lowest BCUT2D eigenvalue weighted by Crippen LogP contribution is -2.13. The quantitative estimate of drug-likeness (QED) is 0.284. The summed E-state index contributed by atoms with van der Waals surface area (Å²) in [6.45, 7) is 1.81. The zero-order valence-corrected chi connectivity index (χ0v) is 18.5. The molecule has 4 rings (SSSR count). The molecule has 3 aromatic carbocycles. The number of hydrogen-bond donors (Lipinski definition) is 2. The second-order valence-electron chi connectivity index (χ2n) is 7.35. The monoisotopic (exact) mass is 455 g/mol. The summed E-state index contributed by atoms with van der Waals surface area (Å²) in [7, 11) is 1.43. The fraction of sp³-hybridized carbons (Fsp3) is 0.0800. The predicted molar refractivity (Wildman–Crippen MR) is 130 cm³/mol. The number of non-ortho nitro benzene ring substituents is 1. The highest BCUT2D eigenvalue weighted by Gasteiger charge is 2.15. The lowest BCUT2D eigenvalue weighted by Gasteiger charge is -2.12. The van der Waals surface area contributed by atoms with Crippen LogP contribution in [-0.2, 0) is 0 Å². The van der Waals surface area contributed by atoms with Gasteiger partial charge in [0, 0.05) is 35.0 Å². The second kappa shape index (κ2) is 9.78. The summed E-state index contributed by atoms with van der Waals surface area (Å²) in [6.07, 6.45) is 0. The number of nitro groups is 1. The minimum Gasteiger partial charge on any atom is -0.495 e. The van der Waals surface area contributed by atoms with Crippen LogP contribution in [0.1, 0.15) is 16.2 Å². The Kier molecular flexibility index (Phi) is 6.45. The minimum atomic E-state index is -0.535. The van der Waals surface area contributed by atoms with Crippen molar-refractivity contribution in [1.82, 2.24) is 9.97 Å². The number of nitrogens with one attached hydrogen (secondary N) is 2. The third-order valence-corrected chi connectivity index (χ3v) is 4.95. The highest BCUT2D eigenvalue weighted by Crippen LogP contribution is 2.29. The van der Waals surface area contributed by atoms with Crippen LogP contribution in [0.3, 0.4) is 0 Å². The van der Waals surface area contributed by atoms with Crippen molar-refractivity contribution >= 4 is 28.8 Å². The maximum Gasteiger partial charge on any atom is 0.271 e. The van der Waals surface area contributed by atoms with Crippen molar-refractivity contribution in [2.75, 3.05) is 17.7 Å². The third-order valence-electron chi connectivity index (χ3n) is 4.95. The molecule has 34 heavy (non-hydrogen) atoms. The van der Waals surface area contributed by atoms with E-state index in [4.69, 9.17) is 4.74 Å². The standard InChI is InChI=1S/C25H21N5O4/c1-16-26-21(17-7-4-3-5-8-17)15-24(27-16)28-19-10-6-9-18(13-19)25(31)29-22-14-20(30(32)33)11-12-23(22)34-2/h3-15H,1-2H3,(H,29,31)(H,26,27,28). The molecule has 1 aromatic heterocycles. The Morgan fingerprint density at radius 2 is 1.76 bits per heavy atom. The van der Waals surface area contributed by atoms with Gasteiger partial charge in [-0.3, -0.25) is 14.9 Å². The van der Waals surface area contributed by atoms with Gasteiger partial charge in [0.15, 0.2) is 0 Å². The summed E-state index contributed by atoms with van der Waals surface area (Å²) in [5.41, 5.74) is 2.81. The molecular weight excluding hydrogens is 434 g/mol. The van der Waals surface area contributed by atoms with E-state index in [-0.39, 0.29) is 11.4 Å². The molecule has 1 heterocycles. The number of nitrogens with zero attached hydrogens (tertiary/aromatic N) is 3. The number of aromatic nitrogens is 2. The van der Waals surface area contributed by atoms with E-state index < -0.39 is 10.8 Å². The Morgan fingerprint density at radius 3 is 2.50 bits per heavy atom. The molecule has 170 valence electrons. The van der Waals surface area contributed by atoms with Crippen LogP contribution in [0.5, 0.6) is 5.75 Å². The molecule has 0 aliphatic carbocycles. The normalized spacial score (nSPS) is 10.4. The van der Waals surface area contributed by atoms with Gasteiger partial charge in [-0.1, -0.05) is 36.4 Å². The first kappa shape index (κ1) is 22.4. The summed E-state index contributed by atoms with van der Waals surface area (Å²) < 4.78 is 5.21. The number of methoxy groups -OCH3 is 1. The molecule has 0 fully saturated rings. The first-order valence-corrected chi connectivity index (χ1v) is 10.3. The largest absolute Gasteiger partial charge is 0.495 e. The van der Waals surface area contributed by atoms with Crippen molar-refractivity contribution in [3.05, 3.63) is 100 Å². The van der Waals surface area contributed by atoms with Crippen molar-refractivity contribution in [2.24, 2.45) is 0 Å². The van der Waals surface area contributed by atoms with Gasteiger partial charge < -0.3 is 15.4 Å². The van der Waals surface area contributed by atoms with Crippen LogP contribution in [0.4, 0.5) is 22.9 Å². The Balaban J connectivity index is 1.56. The molecule has 2 N–H and O–H groups in total. The van der Waals surface area contributed by atoms with Gasteiger partial charge in [-0.15, -0.1) is 0 Å². The summed E-state index contributed by atoms with van der Waals surface area (Å²) >= 11 is 0. The van der Waals surface area contributed by atoms with E-state index in [1.165, 1.54) is 25.3 Å². The van der Waals surface area contributed by atoms with Crippen LogP contribution in [0, 0.1) is 17.0 Å². The van der Waals surface area contributed by atoms with Gasteiger partial charge in [0.25, 0.3) is 11.6 Å². The van der Waals surface area contributed by atoms with Crippen molar-refractivity contribution < 1.29 is 14.5 Å². The number of anilines is 3. The molecule has 0 bridgehead atoms. The molecular formula is C25H21N5O4. The van der Waals surface area contributed by atoms with Crippen LogP contribution < -0.4 is 15.4 Å². The topological polar surface area (TPSA) is 119 Å². The molecule has 9 heteroatoms. The summed E-state index contributed by atoms with van der Waals surface area (Å²) in [5, 5.41) is 17.0. The van der Waals surface area contributed by atoms with E-state index in [0.29, 0.717) is 28.6 Å². The van der Waals surface area contributed by atoms with Crippen molar-refractivity contribution in [2.45, 2.75) is 6.92 Å². The summed E-state index contributed by atoms with van der Waals surface area (Å²) in [6, 6.07) is 22.5. The number of benzene rings is 3. The zero-order valence-electron chi connectivity index (χ0n) is 18.5. The lowest BCUT2D eigenvalue weighted by atomic mass is 10.1. The van der Waals surface area contributed by atoms with Crippen LogP contribution in [-0.4, -0.2) is 27.9 Å². The van der Waals surface area contributed by atoms with E-state index in [1.54, 1.807) is 18.2 Å². The number of amides is 1. The summed E-state index contributed by atoms with van der Waals surface area (Å²) in [5.74, 6) is 1.07. The molecule has 0 radical (unpaired) electrons. The molecule has 0 saturated carbocycles. The fourth-order valence-electron chi connectivity index (χ4n) is 3.38. The van der Waals surface area contributed by atoms with Crippen molar-refractivity contribution in [1.29, 1.82) is 0 Å². The van der Waals surface area contributed by atoms with Gasteiger partial charge in [-0.25, -0.2) is 9.97 Å². The molecule has 0 unspecified atom stereocenters. The van der Waals surface area contributed by atoms with Crippen LogP contribution in [0.2, 0.25) is 0 Å². The number of rotatable bonds is 7. The van der Waals surface area contributed by atoms with Gasteiger partial charge in [0.1, 0.15) is 17.4 Å². The number of nitro benzene ring substituents is 1. The van der Waals surface area contributed by atoms with Crippen LogP contribution >= 0.6 is 0 Å². The Morgan fingerprint density at radius 1 is 0.971 bits per heavy atom. The highest BCUT2D eigenvalue weighted by molar-refractivity contribution is 6.05.